The Balaban J connectivity index is 1.20. The third-order valence-electron chi connectivity index (χ3n) is 8.79. The molecule has 7 rings (SSSR count). The van der Waals surface area contributed by atoms with Crippen molar-refractivity contribution in [2.45, 2.75) is 63.1 Å². The van der Waals surface area contributed by atoms with Gasteiger partial charge in [0.15, 0.2) is 5.65 Å². The van der Waals surface area contributed by atoms with Crippen LogP contribution >= 0.6 is 0 Å². The van der Waals surface area contributed by atoms with E-state index >= 15 is 0 Å². The molecule has 1 spiro atoms. The summed E-state index contributed by atoms with van der Waals surface area (Å²) >= 11 is 0. The average molecular weight is 515 g/mol. The Labute approximate surface area is 210 Å². The van der Waals surface area contributed by atoms with E-state index in [1.807, 2.05) is 13.0 Å². The van der Waals surface area contributed by atoms with Gasteiger partial charge in [-0.2, -0.15) is 10.1 Å². The van der Waals surface area contributed by atoms with E-state index in [0.29, 0.717) is 47.9 Å². The smallest absolute Gasteiger partial charge is 0.409 e. The summed E-state index contributed by atoms with van der Waals surface area (Å²) in [6.07, 6.45) is -0.462. The van der Waals surface area contributed by atoms with Crippen LogP contribution < -0.4 is 20.9 Å². The molecule has 4 N–H and O–H groups in total. The summed E-state index contributed by atoms with van der Waals surface area (Å²) in [6.45, 7) is 3.82. The van der Waals surface area contributed by atoms with E-state index < -0.39 is 11.7 Å². The predicted octanol–water partition coefficient (Wildman–Crippen LogP) is 2.52. The van der Waals surface area contributed by atoms with Crippen LogP contribution in [0.2, 0.25) is 0 Å². The van der Waals surface area contributed by atoms with Gasteiger partial charge in [-0.05, 0) is 44.2 Å². The van der Waals surface area contributed by atoms with Crippen molar-refractivity contribution in [3.05, 3.63) is 45.4 Å². The van der Waals surface area contributed by atoms with Crippen LogP contribution in [0.5, 0.6) is 5.75 Å². The number of H-pyrrole nitrogens is 2. The molecule has 1 aromatic carbocycles. The normalized spacial score (nSPS) is 27.3. The second kappa shape index (κ2) is 7.71. The molecule has 3 aliphatic heterocycles. The molecule has 3 fully saturated rings. The minimum atomic E-state index is -3.67. The molecule has 0 unspecified atom stereocenters. The number of alkyl halides is 2. The van der Waals surface area contributed by atoms with Gasteiger partial charge in [0, 0.05) is 35.5 Å². The zero-order valence-corrected chi connectivity index (χ0v) is 20.4. The number of nitrogens with two attached hydrogens (primary N) is 1. The number of rotatable bonds is 3. The Morgan fingerprint density at radius 3 is 2.68 bits per heavy atom. The monoisotopic (exact) mass is 514 g/mol. The molecule has 5 heterocycles. The zero-order valence-electron chi connectivity index (χ0n) is 20.4. The fourth-order valence-electron chi connectivity index (χ4n) is 6.39. The van der Waals surface area contributed by atoms with E-state index in [1.165, 1.54) is 6.07 Å². The number of hydrogen-bond donors (Lipinski definition) is 3. The van der Waals surface area contributed by atoms with Crippen LogP contribution in [-0.4, -0.2) is 58.3 Å². The number of benzene rings is 1. The summed E-state index contributed by atoms with van der Waals surface area (Å²) in [4.78, 5) is 23.1. The van der Waals surface area contributed by atoms with Crippen LogP contribution in [0.4, 0.5) is 14.7 Å². The van der Waals surface area contributed by atoms with E-state index in [-0.39, 0.29) is 35.5 Å². The highest BCUT2D eigenvalue weighted by Crippen LogP contribution is 2.56. The first-order valence-corrected chi connectivity index (χ1v) is 12.7. The molecular formula is C25H28F2N6O4. The highest BCUT2D eigenvalue weighted by atomic mass is 19.3. The van der Waals surface area contributed by atoms with Gasteiger partial charge in [0.05, 0.1) is 25.0 Å². The molecule has 4 aliphatic rings. The first-order valence-electron chi connectivity index (χ1n) is 12.7. The largest absolute Gasteiger partial charge is 0.535 e. The minimum Gasteiger partial charge on any atom is -0.409 e. The number of nitrogens with zero attached hydrogens (tertiary/aromatic N) is 3. The molecule has 2 aromatic heterocycles. The second-order valence-corrected chi connectivity index (χ2v) is 10.8. The number of halogens is 2. The molecule has 10 nitrogen and oxygen atoms in total. The van der Waals surface area contributed by atoms with Gasteiger partial charge in [-0.3, -0.25) is 19.6 Å². The molecule has 0 amide bonds. The predicted molar refractivity (Wildman–Crippen MR) is 129 cm³/mol. The van der Waals surface area contributed by atoms with Crippen molar-refractivity contribution in [1.82, 2.24) is 20.2 Å². The lowest BCUT2D eigenvalue weighted by atomic mass is 9.73. The summed E-state index contributed by atoms with van der Waals surface area (Å²) in [7, 11) is 0. The molecule has 196 valence electrons. The van der Waals surface area contributed by atoms with Crippen molar-refractivity contribution in [1.29, 1.82) is 0 Å². The van der Waals surface area contributed by atoms with Crippen molar-refractivity contribution >= 4 is 17.0 Å². The molecule has 0 bridgehead atoms. The number of ether oxygens (including phenoxy) is 3. The first kappa shape index (κ1) is 23.1. The maximum Gasteiger partial charge on any atom is 0.535 e. The lowest BCUT2D eigenvalue weighted by Gasteiger charge is -2.41. The Morgan fingerprint density at radius 2 is 1.97 bits per heavy atom. The van der Waals surface area contributed by atoms with Crippen molar-refractivity contribution in [3.8, 4) is 5.75 Å². The molecule has 1 saturated carbocycles. The maximum absolute atomic E-state index is 13.6. The highest BCUT2D eigenvalue weighted by molar-refractivity contribution is 5.81. The number of nitrogens with one attached hydrogen (secondary N) is 2. The number of hydrogen-bond acceptors (Lipinski definition) is 8. The Kier molecular flexibility index (Phi) is 4.81. The van der Waals surface area contributed by atoms with Gasteiger partial charge in [0.1, 0.15) is 11.1 Å². The van der Waals surface area contributed by atoms with Crippen LogP contribution in [0.25, 0.3) is 11.0 Å². The van der Waals surface area contributed by atoms with Gasteiger partial charge in [-0.15, -0.1) is 8.78 Å². The quantitative estimate of drug-likeness (QED) is 0.486. The number of fused-ring (bicyclic) bond motifs is 2. The van der Waals surface area contributed by atoms with Gasteiger partial charge in [-0.25, -0.2) is 0 Å². The van der Waals surface area contributed by atoms with Crippen molar-refractivity contribution in [2.24, 2.45) is 11.1 Å². The van der Waals surface area contributed by atoms with Crippen molar-refractivity contribution < 1.29 is 23.0 Å². The highest BCUT2D eigenvalue weighted by Gasteiger charge is 2.53. The third kappa shape index (κ3) is 3.42. The Hall–Kier alpha value is -3.09. The summed E-state index contributed by atoms with van der Waals surface area (Å²) in [5.41, 5.74) is 7.83. The average Bonchev–Trinajstić information content (AvgIpc) is 3.49. The molecule has 12 heteroatoms. The number of piperidine rings is 1. The van der Waals surface area contributed by atoms with Gasteiger partial charge < -0.3 is 20.1 Å². The standard InChI is InChI=1S/C25H28F2N6O4/c1-13-18(28)23(12-35-13)7-9-33(10-8-23)22-29-20-17(21(34)30-22)19(31-32-20)24(5-6-24)15-3-2-4-16-14(15)11-36-25(26,27)37-16/h2-4,13,18H,5-12,28H2,1H3,(H2,29,30,31,32,34)/t13-,18+/m0/s1. The van der Waals surface area contributed by atoms with Crippen molar-refractivity contribution in [2.75, 3.05) is 24.6 Å². The third-order valence-corrected chi connectivity index (χ3v) is 8.79. The molecule has 1 aliphatic carbocycles. The van der Waals surface area contributed by atoms with Gasteiger partial charge in [-0.1, -0.05) is 12.1 Å². The number of aromatic nitrogens is 4. The van der Waals surface area contributed by atoms with E-state index in [4.69, 9.17) is 20.2 Å². The lowest BCUT2D eigenvalue weighted by Crippen LogP contribution is -2.51. The van der Waals surface area contributed by atoms with Gasteiger partial charge >= 0.3 is 6.29 Å². The van der Waals surface area contributed by atoms with Crippen LogP contribution in [0, 0.1) is 5.41 Å². The van der Waals surface area contributed by atoms with Gasteiger partial charge in [0.25, 0.3) is 5.56 Å². The molecule has 3 aromatic rings. The summed E-state index contributed by atoms with van der Waals surface area (Å²) in [6, 6.07) is 5.04. The van der Waals surface area contributed by atoms with E-state index in [1.54, 1.807) is 6.07 Å². The molecule has 2 saturated heterocycles. The summed E-state index contributed by atoms with van der Waals surface area (Å²) in [5, 5.41) is 7.85. The first-order chi connectivity index (χ1) is 17.7. The Bertz CT molecular complexity index is 1440. The fraction of sp³-hybridized carbons (Fsp3) is 0.560. The topological polar surface area (TPSA) is 131 Å². The minimum absolute atomic E-state index is 0.000190. The lowest BCUT2D eigenvalue weighted by molar-refractivity contribution is -0.368. The van der Waals surface area contributed by atoms with Crippen molar-refractivity contribution in [3.63, 3.8) is 0 Å². The number of aromatic amines is 2. The number of anilines is 1. The molecular weight excluding hydrogens is 486 g/mol. The summed E-state index contributed by atoms with van der Waals surface area (Å²) in [5.74, 6) is 0.577. The summed E-state index contributed by atoms with van der Waals surface area (Å²) < 4.78 is 42.5. The zero-order chi connectivity index (χ0) is 25.6. The van der Waals surface area contributed by atoms with E-state index in [2.05, 4.69) is 24.8 Å². The molecule has 37 heavy (non-hydrogen) atoms. The van der Waals surface area contributed by atoms with Crippen LogP contribution in [0.1, 0.15) is 49.4 Å². The SMILES string of the molecule is C[C@@H]1OCC2(CCN(c3nc4[nH]nc(C5(c6cccc7c6COC(F)(F)O7)CC5)c4c(=O)[nH]3)CC2)[C@@H]1N. The van der Waals surface area contributed by atoms with Crippen LogP contribution in [0.3, 0.4) is 0 Å². The molecule has 2 atom stereocenters. The van der Waals surface area contributed by atoms with E-state index in [0.717, 1.165) is 31.2 Å². The van der Waals surface area contributed by atoms with Crippen LogP contribution in [-0.2, 0) is 21.5 Å². The van der Waals surface area contributed by atoms with Crippen LogP contribution in [0.15, 0.2) is 23.0 Å². The second-order valence-electron chi connectivity index (χ2n) is 10.8. The Morgan fingerprint density at radius 1 is 1.19 bits per heavy atom. The molecule has 0 radical (unpaired) electrons. The fourth-order valence-corrected chi connectivity index (χ4v) is 6.39. The maximum atomic E-state index is 13.6. The van der Waals surface area contributed by atoms with E-state index in [9.17, 15) is 13.6 Å². The van der Waals surface area contributed by atoms with Gasteiger partial charge in [0.2, 0.25) is 5.95 Å².